The summed E-state index contributed by atoms with van der Waals surface area (Å²) in [6, 6.07) is 0. The summed E-state index contributed by atoms with van der Waals surface area (Å²) in [5, 5.41) is 8.22. The van der Waals surface area contributed by atoms with Gasteiger partial charge < -0.3 is 5.11 Å². The minimum Gasteiger partial charge on any atom is -0.481 e. The topological polar surface area (TPSA) is 37.3 Å². The molecule has 0 heterocycles. The fourth-order valence-electron chi connectivity index (χ4n) is 0.493. The number of allylic oxidation sites excluding steroid dienone is 4. The van der Waals surface area contributed by atoms with Crippen molar-refractivity contribution in [3.05, 3.63) is 24.3 Å². The summed E-state index contributed by atoms with van der Waals surface area (Å²) in [5.74, 6) is -0.745. The molecule has 0 bridgehead atoms. The van der Waals surface area contributed by atoms with Gasteiger partial charge >= 0.3 is 5.97 Å². The first-order valence-electron chi connectivity index (χ1n) is 3.27. The molecule has 0 rings (SSSR count). The van der Waals surface area contributed by atoms with Gasteiger partial charge in [-0.3, -0.25) is 4.79 Å². The second kappa shape index (κ2) is 6.08. The Morgan fingerprint density at radius 1 is 1.50 bits per heavy atom. The van der Waals surface area contributed by atoms with Crippen LogP contribution in [-0.4, -0.2) is 11.1 Å². The molecule has 0 aromatic carbocycles. The van der Waals surface area contributed by atoms with E-state index in [4.69, 9.17) is 5.11 Å². The quantitative estimate of drug-likeness (QED) is 0.606. The summed E-state index contributed by atoms with van der Waals surface area (Å²) in [7, 11) is 0. The number of carboxylic acids is 1. The van der Waals surface area contributed by atoms with Crippen molar-refractivity contribution in [3.63, 3.8) is 0 Å². The van der Waals surface area contributed by atoms with E-state index < -0.39 is 5.97 Å². The van der Waals surface area contributed by atoms with Crippen LogP contribution in [-0.2, 0) is 4.79 Å². The molecule has 10 heavy (non-hydrogen) atoms. The number of carboxylic acid groups (broad SMARTS) is 1. The molecule has 0 saturated carbocycles. The molecular formula is C8H12O2. The molecule has 1 N–H and O–H groups in total. The minimum atomic E-state index is -0.745. The molecule has 0 aliphatic carbocycles. The van der Waals surface area contributed by atoms with E-state index in [-0.39, 0.29) is 6.42 Å². The molecule has 0 aliphatic heterocycles. The maximum absolute atomic E-state index is 9.98. The van der Waals surface area contributed by atoms with Crippen LogP contribution in [0.1, 0.15) is 19.8 Å². The van der Waals surface area contributed by atoms with Gasteiger partial charge in [-0.05, 0) is 13.3 Å². The van der Waals surface area contributed by atoms with Crippen molar-refractivity contribution in [2.75, 3.05) is 0 Å². The molecule has 0 saturated heterocycles. The molecule has 0 aromatic heterocycles. The minimum absolute atomic E-state index is 0.216. The molecule has 0 atom stereocenters. The van der Waals surface area contributed by atoms with Crippen molar-refractivity contribution in [2.45, 2.75) is 19.8 Å². The summed E-state index contributed by atoms with van der Waals surface area (Å²) >= 11 is 0. The van der Waals surface area contributed by atoms with Crippen LogP contribution in [0.2, 0.25) is 0 Å². The summed E-state index contributed by atoms with van der Waals surface area (Å²) in [6.45, 7) is 1.92. The number of aliphatic carboxylic acids is 1. The zero-order valence-corrected chi connectivity index (χ0v) is 6.08. The van der Waals surface area contributed by atoms with Gasteiger partial charge in [-0.2, -0.15) is 0 Å². The summed E-state index contributed by atoms with van der Waals surface area (Å²) in [5.41, 5.74) is 0. The average molecular weight is 140 g/mol. The third kappa shape index (κ3) is 6.95. The standard InChI is InChI=1S/C8H12O2/c1-2-3-4-5-6-7-8(9)10/h2-5H,6-7H2,1H3,(H,9,10)/b3-2+,5-4-. The van der Waals surface area contributed by atoms with Crippen LogP contribution in [0.4, 0.5) is 0 Å². The Balaban J connectivity index is 3.27. The fourth-order valence-corrected chi connectivity index (χ4v) is 0.493. The van der Waals surface area contributed by atoms with Crippen molar-refractivity contribution >= 4 is 5.97 Å². The summed E-state index contributed by atoms with van der Waals surface area (Å²) < 4.78 is 0. The molecular weight excluding hydrogens is 128 g/mol. The lowest BCUT2D eigenvalue weighted by Gasteiger charge is -1.84. The summed E-state index contributed by atoms with van der Waals surface area (Å²) in [6.07, 6.45) is 8.30. The average Bonchev–Trinajstić information content (AvgIpc) is 1.87. The second-order valence-corrected chi connectivity index (χ2v) is 1.89. The Hall–Kier alpha value is -1.05. The Morgan fingerprint density at radius 3 is 2.70 bits per heavy atom. The number of hydrogen-bond donors (Lipinski definition) is 1. The lowest BCUT2D eigenvalue weighted by Crippen LogP contribution is -1.91. The van der Waals surface area contributed by atoms with Crippen molar-refractivity contribution in [1.82, 2.24) is 0 Å². The third-order valence-corrected chi connectivity index (χ3v) is 0.965. The van der Waals surface area contributed by atoms with Crippen molar-refractivity contribution in [3.8, 4) is 0 Å². The van der Waals surface area contributed by atoms with Crippen LogP contribution in [0.25, 0.3) is 0 Å². The predicted octanol–water partition coefficient (Wildman–Crippen LogP) is 1.98. The molecule has 0 aliphatic rings. The molecule has 0 unspecified atom stereocenters. The van der Waals surface area contributed by atoms with Crippen LogP contribution in [0.3, 0.4) is 0 Å². The van der Waals surface area contributed by atoms with Crippen molar-refractivity contribution in [1.29, 1.82) is 0 Å². The largest absolute Gasteiger partial charge is 0.481 e. The van der Waals surface area contributed by atoms with E-state index in [2.05, 4.69) is 0 Å². The first-order chi connectivity index (χ1) is 4.77. The van der Waals surface area contributed by atoms with E-state index in [1.54, 1.807) is 0 Å². The highest BCUT2D eigenvalue weighted by Gasteiger charge is 1.90. The molecule has 0 aromatic rings. The van der Waals surface area contributed by atoms with Gasteiger partial charge in [-0.25, -0.2) is 0 Å². The number of carbonyl (C=O) groups is 1. The molecule has 2 nitrogen and oxygen atoms in total. The lowest BCUT2D eigenvalue weighted by atomic mass is 10.3. The van der Waals surface area contributed by atoms with Gasteiger partial charge in [0.1, 0.15) is 0 Å². The van der Waals surface area contributed by atoms with E-state index in [0.29, 0.717) is 6.42 Å². The Labute approximate surface area is 60.9 Å². The fraction of sp³-hybridized carbons (Fsp3) is 0.375. The molecule has 56 valence electrons. The first kappa shape index (κ1) is 8.95. The van der Waals surface area contributed by atoms with Gasteiger partial charge in [-0.1, -0.05) is 24.3 Å². The lowest BCUT2D eigenvalue weighted by molar-refractivity contribution is -0.136. The number of rotatable bonds is 4. The second-order valence-electron chi connectivity index (χ2n) is 1.89. The van der Waals surface area contributed by atoms with E-state index >= 15 is 0 Å². The summed E-state index contributed by atoms with van der Waals surface area (Å²) in [4.78, 5) is 9.98. The van der Waals surface area contributed by atoms with E-state index in [9.17, 15) is 4.79 Å². The maximum atomic E-state index is 9.98. The molecule has 0 spiro atoms. The molecule has 0 amide bonds. The van der Waals surface area contributed by atoms with Crippen molar-refractivity contribution < 1.29 is 9.90 Å². The molecule has 0 fully saturated rings. The van der Waals surface area contributed by atoms with Gasteiger partial charge in [0.15, 0.2) is 0 Å². The SMILES string of the molecule is C/C=C/C=C\CCC(=O)O. The monoisotopic (exact) mass is 140 g/mol. The Bertz CT molecular complexity index is 145. The Morgan fingerprint density at radius 2 is 2.20 bits per heavy atom. The van der Waals surface area contributed by atoms with Gasteiger partial charge in [-0.15, -0.1) is 0 Å². The highest BCUT2D eigenvalue weighted by Crippen LogP contribution is 1.90. The van der Waals surface area contributed by atoms with Gasteiger partial charge in [0.2, 0.25) is 0 Å². The van der Waals surface area contributed by atoms with E-state index in [1.165, 1.54) is 0 Å². The normalized spacial score (nSPS) is 11.3. The smallest absolute Gasteiger partial charge is 0.303 e. The highest BCUT2D eigenvalue weighted by atomic mass is 16.4. The van der Waals surface area contributed by atoms with Gasteiger partial charge in [0.25, 0.3) is 0 Å². The zero-order chi connectivity index (χ0) is 7.82. The number of hydrogen-bond acceptors (Lipinski definition) is 1. The zero-order valence-electron chi connectivity index (χ0n) is 6.08. The van der Waals surface area contributed by atoms with Crippen molar-refractivity contribution in [2.24, 2.45) is 0 Å². The predicted molar refractivity (Wildman–Crippen MR) is 40.8 cm³/mol. The first-order valence-corrected chi connectivity index (χ1v) is 3.27. The van der Waals surface area contributed by atoms with E-state index in [0.717, 1.165) is 0 Å². The third-order valence-electron chi connectivity index (χ3n) is 0.965. The van der Waals surface area contributed by atoms with Gasteiger partial charge in [0, 0.05) is 6.42 Å². The maximum Gasteiger partial charge on any atom is 0.303 e. The van der Waals surface area contributed by atoms with Crippen LogP contribution in [0.5, 0.6) is 0 Å². The van der Waals surface area contributed by atoms with Crippen LogP contribution < -0.4 is 0 Å². The Kier molecular flexibility index (Phi) is 5.44. The van der Waals surface area contributed by atoms with Crippen LogP contribution in [0.15, 0.2) is 24.3 Å². The molecule has 2 heteroatoms. The highest BCUT2D eigenvalue weighted by molar-refractivity contribution is 5.66. The van der Waals surface area contributed by atoms with E-state index in [1.807, 2.05) is 31.2 Å². The molecule has 0 radical (unpaired) electrons. The van der Waals surface area contributed by atoms with Crippen LogP contribution >= 0.6 is 0 Å². The van der Waals surface area contributed by atoms with Gasteiger partial charge in [0.05, 0.1) is 0 Å². The van der Waals surface area contributed by atoms with Crippen LogP contribution in [0, 0.1) is 0 Å².